The SMILES string of the molecule is COC(=O)c1ccc(CN(Cc2ccccn2)CC(O)CN(CC/C=C\C=C/N)Cc2ccccn2)nc1. The van der Waals surface area contributed by atoms with Crippen LogP contribution in [0.3, 0.4) is 0 Å². The summed E-state index contributed by atoms with van der Waals surface area (Å²) in [6, 6.07) is 15.1. The Balaban J connectivity index is 1.69. The molecule has 1 atom stereocenters. The summed E-state index contributed by atoms with van der Waals surface area (Å²) in [6.07, 6.45) is 12.5. The molecule has 3 N–H and O–H groups in total. The van der Waals surface area contributed by atoms with E-state index >= 15 is 0 Å². The van der Waals surface area contributed by atoms with E-state index in [0.29, 0.717) is 38.3 Å². The molecule has 3 aromatic heterocycles. The minimum absolute atomic E-state index is 0.397. The summed E-state index contributed by atoms with van der Waals surface area (Å²) >= 11 is 0. The fourth-order valence-electron chi connectivity index (χ4n) is 4.00. The molecule has 0 aromatic carbocycles. The maximum Gasteiger partial charge on any atom is 0.339 e. The van der Waals surface area contributed by atoms with Crippen molar-refractivity contribution in [3.63, 3.8) is 0 Å². The highest BCUT2D eigenvalue weighted by Crippen LogP contribution is 2.11. The predicted octanol–water partition coefficient (Wildman–Crippen LogP) is 2.94. The highest BCUT2D eigenvalue weighted by Gasteiger charge is 2.18. The Hall–Kier alpha value is -3.92. The number of nitrogens with two attached hydrogens (primary N) is 1. The van der Waals surface area contributed by atoms with Gasteiger partial charge in [-0.2, -0.15) is 0 Å². The molecule has 9 heteroatoms. The number of aliphatic hydroxyl groups is 1. The molecular weight excluding hydrogens is 480 g/mol. The average Bonchev–Trinajstić information content (AvgIpc) is 2.94. The Morgan fingerprint density at radius 1 is 0.921 bits per heavy atom. The molecule has 0 aliphatic carbocycles. The Labute approximate surface area is 224 Å². The lowest BCUT2D eigenvalue weighted by atomic mass is 10.2. The van der Waals surface area contributed by atoms with Crippen molar-refractivity contribution in [1.29, 1.82) is 0 Å². The number of rotatable bonds is 15. The predicted molar refractivity (Wildman–Crippen MR) is 147 cm³/mol. The Morgan fingerprint density at radius 3 is 2.11 bits per heavy atom. The Morgan fingerprint density at radius 2 is 1.55 bits per heavy atom. The van der Waals surface area contributed by atoms with Gasteiger partial charge in [0.15, 0.2) is 0 Å². The van der Waals surface area contributed by atoms with Crippen molar-refractivity contribution < 1.29 is 14.6 Å². The summed E-state index contributed by atoms with van der Waals surface area (Å²) in [7, 11) is 1.34. The van der Waals surface area contributed by atoms with Crippen LogP contribution in [-0.2, 0) is 24.4 Å². The van der Waals surface area contributed by atoms with Crippen LogP contribution in [0.1, 0.15) is 33.9 Å². The number of pyridine rings is 3. The van der Waals surface area contributed by atoms with Crippen LogP contribution < -0.4 is 5.73 Å². The second-order valence-electron chi connectivity index (χ2n) is 8.83. The van der Waals surface area contributed by atoms with Gasteiger partial charge in [0, 0.05) is 57.9 Å². The zero-order chi connectivity index (χ0) is 27.0. The van der Waals surface area contributed by atoms with Crippen LogP contribution in [0.15, 0.2) is 91.5 Å². The summed E-state index contributed by atoms with van der Waals surface area (Å²) in [6.45, 7) is 3.33. The van der Waals surface area contributed by atoms with Crippen LogP contribution >= 0.6 is 0 Å². The molecule has 0 aliphatic rings. The number of carbonyl (C=O) groups excluding carboxylic acids is 1. The molecule has 0 radical (unpaired) electrons. The van der Waals surface area contributed by atoms with Crippen LogP contribution in [0, 0.1) is 0 Å². The van der Waals surface area contributed by atoms with Crippen molar-refractivity contribution in [2.24, 2.45) is 5.73 Å². The fourth-order valence-corrected chi connectivity index (χ4v) is 4.00. The Kier molecular flexibility index (Phi) is 12.1. The molecule has 38 heavy (non-hydrogen) atoms. The maximum absolute atomic E-state index is 11.8. The number of methoxy groups -OCH3 is 1. The highest BCUT2D eigenvalue weighted by molar-refractivity contribution is 5.88. The van der Waals surface area contributed by atoms with E-state index in [1.807, 2.05) is 42.5 Å². The van der Waals surface area contributed by atoms with Gasteiger partial charge in [0.2, 0.25) is 0 Å². The van der Waals surface area contributed by atoms with E-state index in [1.165, 1.54) is 19.5 Å². The molecular formula is C29H36N6O3. The van der Waals surface area contributed by atoms with E-state index in [-0.39, 0.29) is 0 Å². The first kappa shape index (κ1) is 28.6. The minimum atomic E-state index is -0.621. The third kappa shape index (κ3) is 10.2. The lowest BCUT2D eigenvalue weighted by molar-refractivity contribution is 0.0600. The topological polar surface area (TPSA) is 118 Å². The van der Waals surface area contributed by atoms with Gasteiger partial charge >= 0.3 is 5.97 Å². The molecule has 0 aliphatic heterocycles. The first-order valence-corrected chi connectivity index (χ1v) is 12.6. The number of hydrogen-bond acceptors (Lipinski definition) is 9. The van der Waals surface area contributed by atoms with Gasteiger partial charge in [-0.05, 0) is 55.1 Å². The van der Waals surface area contributed by atoms with Crippen LogP contribution in [0.25, 0.3) is 0 Å². The molecule has 1 unspecified atom stereocenters. The summed E-state index contributed by atoms with van der Waals surface area (Å²) in [4.78, 5) is 29.4. The molecule has 0 bridgehead atoms. The van der Waals surface area contributed by atoms with E-state index in [1.54, 1.807) is 30.6 Å². The Bertz CT molecular complexity index is 1140. The zero-order valence-corrected chi connectivity index (χ0v) is 21.8. The number of nitrogens with zero attached hydrogens (tertiary/aromatic N) is 5. The fraction of sp³-hybridized carbons (Fsp3) is 0.310. The summed E-state index contributed by atoms with van der Waals surface area (Å²) in [5.41, 5.74) is 8.43. The van der Waals surface area contributed by atoms with Crippen LogP contribution in [0.4, 0.5) is 0 Å². The lowest BCUT2D eigenvalue weighted by Crippen LogP contribution is -2.40. The third-order valence-corrected chi connectivity index (χ3v) is 5.76. The summed E-state index contributed by atoms with van der Waals surface area (Å²) in [5.74, 6) is -0.424. The van der Waals surface area contributed by atoms with Gasteiger partial charge in [0.1, 0.15) is 0 Å². The maximum atomic E-state index is 11.8. The molecule has 0 saturated carbocycles. The van der Waals surface area contributed by atoms with Crippen LogP contribution in [-0.4, -0.2) is 68.7 Å². The first-order chi connectivity index (χ1) is 18.6. The smallest absolute Gasteiger partial charge is 0.339 e. The largest absolute Gasteiger partial charge is 0.465 e. The second-order valence-corrected chi connectivity index (χ2v) is 8.83. The first-order valence-electron chi connectivity index (χ1n) is 12.6. The average molecular weight is 517 g/mol. The molecule has 0 spiro atoms. The van der Waals surface area contributed by atoms with Crippen molar-refractivity contribution in [2.45, 2.75) is 32.2 Å². The van der Waals surface area contributed by atoms with Gasteiger partial charge in [-0.15, -0.1) is 0 Å². The monoisotopic (exact) mass is 516 g/mol. The minimum Gasteiger partial charge on any atom is -0.465 e. The number of ether oxygens (including phenoxy) is 1. The molecule has 3 rings (SSSR count). The number of carbonyl (C=O) groups is 1. The van der Waals surface area contributed by atoms with Crippen molar-refractivity contribution in [3.05, 3.63) is 114 Å². The van der Waals surface area contributed by atoms with Crippen molar-refractivity contribution >= 4 is 5.97 Å². The quantitative estimate of drug-likeness (QED) is 0.232. The van der Waals surface area contributed by atoms with E-state index in [4.69, 9.17) is 10.5 Å². The van der Waals surface area contributed by atoms with Gasteiger partial charge in [0.05, 0.1) is 35.9 Å². The molecule has 0 fully saturated rings. The number of hydrogen-bond donors (Lipinski definition) is 2. The van der Waals surface area contributed by atoms with E-state index in [0.717, 1.165) is 30.0 Å². The molecule has 3 aromatic rings. The van der Waals surface area contributed by atoms with Crippen LogP contribution in [0.2, 0.25) is 0 Å². The van der Waals surface area contributed by atoms with Crippen LogP contribution in [0.5, 0.6) is 0 Å². The molecule has 0 saturated heterocycles. The standard InChI is InChI=1S/C29H36N6O3/c1-38-29(37)24-12-13-27(33-18-24)21-35(20-26-11-5-8-16-32-26)23-28(36)22-34(17-9-3-2-6-14-30)19-25-10-4-7-15-31-25/h2-8,10-16,18,28,36H,9,17,19-23,30H2,1H3/b3-2-,14-6-. The van der Waals surface area contributed by atoms with E-state index in [2.05, 4.69) is 30.8 Å². The molecule has 9 nitrogen and oxygen atoms in total. The summed E-state index contributed by atoms with van der Waals surface area (Å²) in [5, 5.41) is 11.2. The van der Waals surface area contributed by atoms with E-state index in [9.17, 15) is 9.90 Å². The van der Waals surface area contributed by atoms with Gasteiger partial charge in [0.25, 0.3) is 0 Å². The van der Waals surface area contributed by atoms with Crippen molar-refractivity contribution in [1.82, 2.24) is 24.8 Å². The number of allylic oxidation sites excluding steroid dienone is 2. The lowest BCUT2D eigenvalue weighted by Gasteiger charge is -2.29. The number of aliphatic hydroxyl groups excluding tert-OH is 1. The summed E-state index contributed by atoms with van der Waals surface area (Å²) < 4.78 is 4.76. The normalized spacial score (nSPS) is 12.5. The molecule has 200 valence electrons. The van der Waals surface area contributed by atoms with E-state index < -0.39 is 12.1 Å². The third-order valence-electron chi connectivity index (χ3n) is 5.76. The highest BCUT2D eigenvalue weighted by atomic mass is 16.5. The zero-order valence-electron chi connectivity index (χ0n) is 21.8. The number of aromatic nitrogens is 3. The van der Waals surface area contributed by atoms with Gasteiger partial charge in [-0.25, -0.2) is 4.79 Å². The van der Waals surface area contributed by atoms with Crippen molar-refractivity contribution in [3.8, 4) is 0 Å². The van der Waals surface area contributed by atoms with Gasteiger partial charge < -0.3 is 15.6 Å². The van der Waals surface area contributed by atoms with Gasteiger partial charge in [-0.3, -0.25) is 24.8 Å². The molecule has 3 heterocycles. The van der Waals surface area contributed by atoms with Crippen molar-refractivity contribution in [2.75, 3.05) is 26.7 Å². The second kappa shape index (κ2) is 16.0. The number of esters is 1. The molecule has 0 amide bonds. The van der Waals surface area contributed by atoms with Gasteiger partial charge in [-0.1, -0.05) is 24.3 Å².